The molecule has 1 amide bonds. The maximum absolute atomic E-state index is 11.8. The zero-order valence-electron chi connectivity index (χ0n) is 11.0. The molecule has 2 rings (SSSR count). The van der Waals surface area contributed by atoms with Crippen molar-refractivity contribution in [3.8, 4) is 6.07 Å². The highest BCUT2D eigenvalue weighted by atomic mass is 16.1. The number of carbonyl (C=O) groups excluding carboxylic acids is 1. The smallest absolute Gasteiger partial charge is 0.224 e. The number of amides is 1. The van der Waals surface area contributed by atoms with Gasteiger partial charge in [-0.3, -0.25) is 4.79 Å². The summed E-state index contributed by atoms with van der Waals surface area (Å²) in [5.41, 5.74) is 8.68. The molecule has 0 radical (unpaired) electrons. The number of nitrogens with two attached hydrogens (primary N) is 1. The molecule has 0 aliphatic carbocycles. The maximum Gasteiger partial charge on any atom is 0.224 e. The summed E-state index contributed by atoms with van der Waals surface area (Å²) in [5.74, 6) is -0.0495. The van der Waals surface area contributed by atoms with E-state index < -0.39 is 0 Å². The van der Waals surface area contributed by atoms with Gasteiger partial charge in [0.1, 0.15) is 0 Å². The van der Waals surface area contributed by atoms with Gasteiger partial charge in [0.15, 0.2) is 0 Å². The maximum atomic E-state index is 11.8. The largest absolute Gasteiger partial charge is 0.399 e. The van der Waals surface area contributed by atoms with Gasteiger partial charge in [0.25, 0.3) is 0 Å². The van der Waals surface area contributed by atoms with E-state index in [1.807, 2.05) is 30.3 Å². The van der Waals surface area contributed by atoms with Crippen molar-refractivity contribution in [3.05, 3.63) is 59.7 Å². The van der Waals surface area contributed by atoms with Crippen LogP contribution in [0, 0.1) is 11.3 Å². The molecule has 0 aromatic heterocycles. The number of benzene rings is 2. The number of nitriles is 1. The van der Waals surface area contributed by atoms with Gasteiger partial charge in [-0.25, -0.2) is 0 Å². The van der Waals surface area contributed by atoms with Gasteiger partial charge in [0, 0.05) is 17.8 Å². The van der Waals surface area contributed by atoms with E-state index in [0.29, 0.717) is 24.1 Å². The highest BCUT2D eigenvalue weighted by molar-refractivity contribution is 5.90. The molecule has 3 N–H and O–H groups in total. The first-order valence-electron chi connectivity index (χ1n) is 6.32. The molecule has 20 heavy (non-hydrogen) atoms. The van der Waals surface area contributed by atoms with Crippen LogP contribution in [-0.4, -0.2) is 5.91 Å². The molecule has 0 bridgehead atoms. The molecular weight excluding hydrogens is 250 g/mol. The van der Waals surface area contributed by atoms with Crippen molar-refractivity contribution in [2.45, 2.75) is 12.8 Å². The van der Waals surface area contributed by atoms with Gasteiger partial charge in [-0.15, -0.1) is 0 Å². The highest BCUT2D eigenvalue weighted by Gasteiger charge is 2.03. The standard InChI is InChI=1S/C16H15N3O/c17-11-13-3-8-15(9-4-13)19-16(20)10-5-12-1-6-14(18)7-2-12/h1-4,6-9H,5,10,18H2,(H,19,20). The third kappa shape index (κ3) is 3.85. The normalized spacial score (nSPS) is 9.75. The molecule has 0 saturated carbocycles. The molecule has 100 valence electrons. The summed E-state index contributed by atoms with van der Waals surface area (Å²) in [7, 11) is 0. The summed E-state index contributed by atoms with van der Waals surface area (Å²) in [6, 6.07) is 16.3. The first kappa shape index (κ1) is 13.6. The first-order valence-corrected chi connectivity index (χ1v) is 6.32. The number of hydrogen-bond acceptors (Lipinski definition) is 3. The average Bonchev–Trinajstić information content (AvgIpc) is 2.47. The van der Waals surface area contributed by atoms with Gasteiger partial charge in [-0.2, -0.15) is 5.26 Å². The van der Waals surface area contributed by atoms with Crippen molar-refractivity contribution in [2.24, 2.45) is 0 Å². The van der Waals surface area contributed by atoms with Crippen LogP contribution >= 0.6 is 0 Å². The molecular formula is C16H15N3O. The molecule has 0 fully saturated rings. The van der Waals surface area contributed by atoms with Gasteiger partial charge in [0.05, 0.1) is 11.6 Å². The fraction of sp³-hybridized carbons (Fsp3) is 0.125. The van der Waals surface area contributed by atoms with Crippen LogP contribution in [0.15, 0.2) is 48.5 Å². The molecule has 0 aliphatic rings. The van der Waals surface area contributed by atoms with E-state index in [1.54, 1.807) is 24.3 Å². The van der Waals surface area contributed by atoms with Crippen LogP contribution in [0.25, 0.3) is 0 Å². The Kier molecular flexibility index (Phi) is 4.35. The molecule has 0 saturated heterocycles. The zero-order valence-corrected chi connectivity index (χ0v) is 11.0. The minimum Gasteiger partial charge on any atom is -0.399 e. The second-order valence-electron chi connectivity index (χ2n) is 4.48. The lowest BCUT2D eigenvalue weighted by Crippen LogP contribution is -2.12. The Labute approximate surface area is 117 Å². The SMILES string of the molecule is N#Cc1ccc(NC(=O)CCc2ccc(N)cc2)cc1. The summed E-state index contributed by atoms with van der Waals surface area (Å²) in [6.07, 6.45) is 1.08. The second kappa shape index (κ2) is 6.39. The number of carbonyl (C=O) groups is 1. The molecule has 2 aromatic carbocycles. The fourth-order valence-corrected chi connectivity index (χ4v) is 1.79. The van der Waals surface area contributed by atoms with Gasteiger partial charge in [0.2, 0.25) is 5.91 Å². The van der Waals surface area contributed by atoms with E-state index in [2.05, 4.69) is 5.32 Å². The van der Waals surface area contributed by atoms with Gasteiger partial charge in [-0.1, -0.05) is 12.1 Å². The van der Waals surface area contributed by atoms with Crippen molar-refractivity contribution >= 4 is 17.3 Å². The lowest BCUT2D eigenvalue weighted by molar-refractivity contribution is -0.116. The summed E-state index contributed by atoms with van der Waals surface area (Å²) >= 11 is 0. The number of nitrogens with zero attached hydrogens (tertiary/aromatic N) is 1. The predicted molar refractivity (Wildman–Crippen MR) is 79.0 cm³/mol. The Balaban J connectivity index is 1.86. The van der Waals surface area contributed by atoms with Gasteiger partial charge >= 0.3 is 0 Å². The van der Waals surface area contributed by atoms with Crippen LogP contribution in [0.4, 0.5) is 11.4 Å². The van der Waals surface area contributed by atoms with Crippen LogP contribution in [0.3, 0.4) is 0 Å². The van der Waals surface area contributed by atoms with Crippen molar-refractivity contribution in [1.82, 2.24) is 0 Å². The molecule has 0 aliphatic heterocycles. The summed E-state index contributed by atoms with van der Waals surface area (Å²) in [4.78, 5) is 11.8. The van der Waals surface area contributed by atoms with Crippen LogP contribution in [0.2, 0.25) is 0 Å². The van der Waals surface area contributed by atoms with Crippen molar-refractivity contribution in [3.63, 3.8) is 0 Å². The third-order valence-corrected chi connectivity index (χ3v) is 2.92. The van der Waals surface area contributed by atoms with Crippen LogP contribution in [0.1, 0.15) is 17.5 Å². The molecule has 4 nitrogen and oxygen atoms in total. The molecule has 4 heteroatoms. The van der Waals surface area contributed by atoms with Crippen LogP contribution in [-0.2, 0) is 11.2 Å². The van der Waals surface area contributed by atoms with E-state index in [-0.39, 0.29) is 5.91 Å². The van der Waals surface area contributed by atoms with Gasteiger partial charge < -0.3 is 11.1 Å². The number of aryl methyl sites for hydroxylation is 1. The number of anilines is 2. The van der Waals surface area contributed by atoms with E-state index >= 15 is 0 Å². The topological polar surface area (TPSA) is 78.9 Å². The van der Waals surface area contributed by atoms with E-state index in [9.17, 15) is 4.79 Å². The third-order valence-electron chi connectivity index (χ3n) is 2.92. The average molecular weight is 265 g/mol. The van der Waals surface area contributed by atoms with E-state index in [0.717, 1.165) is 11.3 Å². The number of hydrogen-bond donors (Lipinski definition) is 2. The summed E-state index contributed by atoms with van der Waals surface area (Å²) in [6.45, 7) is 0. The van der Waals surface area contributed by atoms with E-state index in [1.165, 1.54) is 0 Å². The highest BCUT2D eigenvalue weighted by Crippen LogP contribution is 2.11. The number of nitrogens with one attached hydrogen (secondary N) is 1. The predicted octanol–water partition coefficient (Wildman–Crippen LogP) is 2.71. The molecule has 2 aromatic rings. The van der Waals surface area contributed by atoms with Crippen molar-refractivity contribution < 1.29 is 4.79 Å². The van der Waals surface area contributed by atoms with Gasteiger partial charge in [-0.05, 0) is 48.4 Å². The lowest BCUT2D eigenvalue weighted by Gasteiger charge is -2.05. The lowest BCUT2D eigenvalue weighted by atomic mass is 10.1. The summed E-state index contributed by atoms with van der Waals surface area (Å²) in [5, 5.41) is 11.5. The molecule has 0 unspecified atom stereocenters. The van der Waals surface area contributed by atoms with Crippen LogP contribution < -0.4 is 11.1 Å². The minimum atomic E-state index is -0.0495. The quantitative estimate of drug-likeness (QED) is 0.834. The fourth-order valence-electron chi connectivity index (χ4n) is 1.79. The molecule has 0 heterocycles. The molecule has 0 spiro atoms. The zero-order chi connectivity index (χ0) is 14.4. The number of nitrogen functional groups attached to an aromatic ring is 1. The van der Waals surface area contributed by atoms with Crippen molar-refractivity contribution in [1.29, 1.82) is 5.26 Å². The Morgan fingerprint density at radius 1 is 1.10 bits per heavy atom. The first-order chi connectivity index (χ1) is 9.67. The van der Waals surface area contributed by atoms with Crippen molar-refractivity contribution in [2.75, 3.05) is 11.1 Å². The molecule has 0 atom stereocenters. The monoisotopic (exact) mass is 265 g/mol. The summed E-state index contributed by atoms with van der Waals surface area (Å²) < 4.78 is 0. The Morgan fingerprint density at radius 3 is 2.35 bits per heavy atom. The number of rotatable bonds is 4. The Morgan fingerprint density at radius 2 is 1.75 bits per heavy atom. The Hall–Kier alpha value is -2.80. The Bertz CT molecular complexity index is 624. The van der Waals surface area contributed by atoms with Crippen LogP contribution in [0.5, 0.6) is 0 Å². The minimum absolute atomic E-state index is 0.0495. The van der Waals surface area contributed by atoms with E-state index in [4.69, 9.17) is 11.0 Å². The second-order valence-corrected chi connectivity index (χ2v) is 4.48.